The Morgan fingerprint density at radius 3 is 0.947 bits per heavy atom. The van der Waals surface area contributed by atoms with E-state index in [4.69, 9.17) is 4.74 Å². The van der Waals surface area contributed by atoms with Crippen LogP contribution in [0.15, 0.2) is 24.3 Å². The molecule has 0 saturated carbocycles. The van der Waals surface area contributed by atoms with Crippen LogP contribution in [0.3, 0.4) is 0 Å². The highest BCUT2D eigenvalue weighted by molar-refractivity contribution is 5.76. The fourth-order valence-corrected chi connectivity index (χ4v) is 10.7. The zero-order valence-electron chi connectivity index (χ0n) is 50.8. The number of amides is 1. The first-order chi connectivity index (χ1) is 37.0. The molecule has 0 bridgehead atoms. The van der Waals surface area contributed by atoms with Gasteiger partial charge in [0, 0.05) is 12.8 Å². The third-order valence-electron chi connectivity index (χ3n) is 16.0. The molecule has 75 heavy (non-hydrogen) atoms. The van der Waals surface area contributed by atoms with Crippen LogP contribution >= 0.6 is 0 Å². The largest absolute Gasteiger partial charge is 0.466 e. The lowest BCUT2D eigenvalue weighted by molar-refractivity contribution is -0.143. The maximum atomic E-state index is 12.5. The van der Waals surface area contributed by atoms with Crippen LogP contribution in [0.2, 0.25) is 0 Å². The van der Waals surface area contributed by atoms with Crippen LogP contribution in [-0.4, -0.2) is 47.4 Å². The van der Waals surface area contributed by atoms with Crippen LogP contribution in [0.4, 0.5) is 0 Å². The molecule has 6 nitrogen and oxygen atoms in total. The predicted octanol–water partition coefficient (Wildman–Crippen LogP) is 21.8. The van der Waals surface area contributed by atoms with Gasteiger partial charge in [0.25, 0.3) is 0 Å². The number of carbonyl (C=O) groups is 2. The van der Waals surface area contributed by atoms with Crippen LogP contribution in [0.25, 0.3) is 0 Å². The highest BCUT2D eigenvalue weighted by Crippen LogP contribution is 2.18. The summed E-state index contributed by atoms with van der Waals surface area (Å²) >= 11 is 0. The summed E-state index contributed by atoms with van der Waals surface area (Å²) in [6.45, 7) is 4.94. The lowest BCUT2D eigenvalue weighted by Gasteiger charge is -2.20. The second-order valence-electron chi connectivity index (χ2n) is 23.5. The zero-order chi connectivity index (χ0) is 54.3. The lowest BCUT2D eigenvalue weighted by Crippen LogP contribution is -2.45. The molecule has 0 spiro atoms. The van der Waals surface area contributed by atoms with Gasteiger partial charge in [0.15, 0.2) is 0 Å². The Balaban J connectivity index is 3.40. The molecule has 0 aliphatic rings. The fourth-order valence-electron chi connectivity index (χ4n) is 10.7. The smallest absolute Gasteiger partial charge is 0.305 e. The Kier molecular flexibility index (Phi) is 63.4. The quantitative estimate of drug-likeness (QED) is 0.0320. The molecule has 0 rings (SSSR count). The normalized spacial score (nSPS) is 12.6. The number of aliphatic hydroxyl groups is 2. The molecule has 3 N–H and O–H groups in total. The summed E-state index contributed by atoms with van der Waals surface area (Å²) in [5.74, 6) is -0.0529. The maximum Gasteiger partial charge on any atom is 0.305 e. The van der Waals surface area contributed by atoms with Crippen molar-refractivity contribution in [3.63, 3.8) is 0 Å². The molecule has 2 atom stereocenters. The molecule has 0 aromatic heterocycles. The highest BCUT2D eigenvalue weighted by atomic mass is 16.5. The molecule has 0 heterocycles. The number of allylic oxidation sites excluding steroid dienone is 3. The summed E-state index contributed by atoms with van der Waals surface area (Å²) in [6.07, 6.45) is 81.0. The van der Waals surface area contributed by atoms with Gasteiger partial charge in [-0.25, -0.2) is 0 Å². The average Bonchev–Trinajstić information content (AvgIpc) is 3.41. The standard InChI is InChI=1S/C69H133NO5/c1-3-5-7-9-11-13-15-17-19-21-31-35-39-43-47-51-55-59-63-69(74)75-64-60-56-52-48-44-40-36-32-29-27-25-23-22-24-26-28-30-34-38-42-46-50-54-58-62-68(73)70-66(65-71)67(72)61-57-53-49-45-41-37-33-20-18-16-14-12-10-8-6-4-2/h24,26,57,61,66-67,71-72H,3-23,25,27-56,58-60,62-65H2,1-2H3,(H,70,73)/b26-24-,61-57+. The van der Waals surface area contributed by atoms with Crippen LogP contribution in [-0.2, 0) is 14.3 Å². The molecular formula is C69H133NO5. The minimum Gasteiger partial charge on any atom is -0.466 e. The van der Waals surface area contributed by atoms with Gasteiger partial charge < -0.3 is 20.3 Å². The summed E-state index contributed by atoms with van der Waals surface area (Å²) in [5, 5.41) is 23.2. The topological polar surface area (TPSA) is 95.9 Å². The van der Waals surface area contributed by atoms with Gasteiger partial charge in [0.1, 0.15) is 0 Å². The Hall–Kier alpha value is -1.66. The van der Waals surface area contributed by atoms with Gasteiger partial charge in [-0.1, -0.05) is 334 Å². The summed E-state index contributed by atoms with van der Waals surface area (Å²) in [4.78, 5) is 24.6. The van der Waals surface area contributed by atoms with E-state index in [1.165, 1.54) is 315 Å². The first-order valence-electron chi connectivity index (χ1n) is 34.1. The third-order valence-corrected chi connectivity index (χ3v) is 16.0. The molecule has 6 heteroatoms. The summed E-state index contributed by atoms with van der Waals surface area (Å²) in [7, 11) is 0. The lowest BCUT2D eigenvalue weighted by atomic mass is 10.0. The summed E-state index contributed by atoms with van der Waals surface area (Å²) < 4.78 is 5.51. The number of hydrogen-bond acceptors (Lipinski definition) is 5. The van der Waals surface area contributed by atoms with E-state index in [1.54, 1.807) is 6.08 Å². The number of rotatable bonds is 64. The van der Waals surface area contributed by atoms with Gasteiger partial charge in [-0.15, -0.1) is 0 Å². The summed E-state index contributed by atoms with van der Waals surface area (Å²) in [5.41, 5.74) is 0. The third kappa shape index (κ3) is 61.4. The van der Waals surface area contributed by atoms with Gasteiger partial charge in [-0.2, -0.15) is 0 Å². The van der Waals surface area contributed by atoms with Crippen molar-refractivity contribution in [2.45, 2.75) is 392 Å². The Labute approximate surface area is 469 Å². The van der Waals surface area contributed by atoms with Crippen LogP contribution in [0.5, 0.6) is 0 Å². The zero-order valence-corrected chi connectivity index (χ0v) is 50.8. The van der Waals surface area contributed by atoms with Crippen LogP contribution < -0.4 is 5.32 Å². The average molecular weight is 1060 g/mol. The van der Waals surface area contributed by atoms with Crippen molar-refractivity contribution in [2.75, 3.05) is 13.2 Å². The number of hydrogen-bond donors (Lipinski definition) is 3. The number of aliphatic hydroxyl groups excluding tert-OH is 2. The molecule has 0 aliphatic heterocycles. The van der Waals surface area contributed by atoms with E-state index >= 15 is 0 Å². The van der Waals surface area contributed by atoms with Crippen molar-refractivity contribution in [1.82, 2.24) is 5.32 Å². The SMILES string of the molecule is CCCCCCCCCCCCCCCC/C=C/C(O)C(CO)NC(=O)CCCCCCCCCC/C=C\CCCCCCCCCCCCCCOC(=O)CCCCCCCCCCCCCCCCCCCC. The van der Waals surface area contributed by atoms with E-state index in [0.29, 0.717) is 19.4 Å². The van der Waals surface area contributed by atoms with Gasteiger partial charge in [-0.3, -0.25) is 9.59 Å². The van der Waals surface area contributed by atoms with Crippen molar-refractivity contribution >= 4 is 11.9 Å². The molecule has 1 amide bonds. The van der Waals surface area contributed by atoms with Crippen molar-refractivity contribution < 1.29 is 24.5 Å². The molecule has 0 saturated heterocycles. The van der Waals surface area contributed by atoms with Crippen molar-refractivity contribution in [3.8, 4) is 0 Å². The molecule has 0 fully saturated rings. The van der Waals surface area contributed by atoms with Crippen molar-refractivity contribution in [2.24, 2.45) is 0 Å². The number of unbranched alkanes of at least 4 members (excludes halogenated alkanes) is 51. The fraction of sp³-hybridized carbons (Fsp3) is 0.913. The number of esters is 1. The first-order valence-corrected chi connectivity index (χ1v) is 34.1. The highest BCUT2D eigenvalue weighted by Gasteiger charge is 2.18. The van der Waals surface area contributed by atoms with Crippen LogP contribution in [0, 0.1) is 0 Å². The molecule has 0 aliphatic carbocycles. The van der Waals surface area contributed by atoms with Crippen molar-refractivity contribution in [3.05, 3.63) is 24.3 Å². The maximum absolute atomic E-state index is 12.5. The summed E-state index contributed by atoms with van der Waals surface area (Å²) in [6, 6.07) is -0.631. The second kappa shape index (κ2) is 64.9. The molecular weight excluding hydrogens is 923 g/mol. The van der Waals surface area contributed by atoms with E-state index in [-0.39, 0.29) is 18.5 Å². The molecule has 2 unspecified atom stereocenters. The number of ether oxygens (including phenoxy) is 1. The van der Waals surface area contributed by atoms with E-state index in [9.17, 15) is 19.8 Å². The first kappa shape index (κ1) is 73.3. The molecule has 444 valence electrons. The van der Waals surface area contributed by atoms with Gasteiger partial charge >= 0.3 is 5.97 Å². The van der Waals surface area contributed by atoms with E-state index < -0.39 is 12.1 Å². The van der Waals surface area contributed by atoms with Crippen LogP contribution in [0.1, 0.15) is 380 Å². The monoisotopic (exact) mass is 1060 g/mol. The van der Waals surface area contributed by atoms with Gasteiger partial charge in [0.2, 0.25) is 5.91 Å². The Bertz CT molecular complexity index is 1170. The molecule has 0 aromatic carbocycles. The predicted molar refractivity (Wildman–Crippen MR) is 329 cm³/mol. The molecule has 0 radical (unpaired) electrons. The van der Waals surface area contributed by atoms with E-state index in [1.807, 2.05) is 6.08 Å². The van der Waals surface area contributed by atoms with E-state index in [2.05, 4.69) is 31.3 Å². The minimum atomic E-state index is -0.847. The number of carbonyl (C=O) groups excluding carboxylic acids is 2. The Morgan fingerprint density at radius 1 is 0.360 bits per heavy atom. The van der Waals surface area contributed by atoms with Crippen molar-refractivity contribution in [1.29, 1.82) is 0 Å². The van der Waals surface area contributed by atoms with E-state index in [0.717, 1.165) is 38.5 Å². The number of nitrogens with one attached hydrogen (secondary N) is 1. The van der Waals surface area contributed by atoms with Gasteiger partial charge in [0.05, 0.1) is 25.4 Å². The van der Waals surface area contributed by atoms with Gasteiger partial charge in [-0.05, 0) is 57.8 Å². The second-order valence-corrected chi connectivity index (χ2v) is 23.5. The molecule has 0 aromatic rings. The minimum absolute atomic E-state index is 0.0171. The Morgan fingerprint density at radius 2 is 0.627 bits per heavy atom.